The van der Waals surface area contributed by atoms with Crippen LogP contribution in [0.25, 0.3) is 0 Å². The zero-order valence-electron chi connectivity index (χ0n) is 15.4. The molecule has 2 unspecified atom stereocenters. The SMILES string of the molecule is CC(C)(C)OC(=O)N1CC(O)CC(O[Si](C)(C)C(C)(C)C)C1. The van der Waals surface area contributed by atoms with Gasteiger partial charge in [-0.25, -0.2) is 4.79 Å². The Balaban J connectivity index is 2.74. The van der Waals surface area contributed by atoms with Gasteiger partial charge in [0.1, 0.15) is 5.60 Å². The van der Waals surface area contributed by atoms with Crippen molar-refractivity contribution in [3.8, 4) is 0 Å². The lowest BCUT2D eigenvalue weighted by molar-refractivity contribution is -0.0261. The van der Waals surface area contributed by atoms with Crippen LogP contribution in [0, 0.1) is 0 Å². The van der Waals surface area contributed by atoms with Gasteiger partial charge in [-0.1, -0.05) is 20.8 Å². The van der Waals surface area contributed by atoms with E-state index in [2.05, 4.69) is 33.9 Å². The largest absolute Gasteiger partial charge is 0.444 e. The van der Waals surface area contributed by atoms with Crippen molar-refractivity contribution >= 4 is 14.4 Å². The van der Waals surface area contributed by atoms with E-state index in [0.717, 1.165) is 0 Å². The van der Waals surface area contributed by atoms with Crippen LogP contribution >= 0.6 is 0 Å². The topological polar surface area (TPSA) is 59.0 Å². The van der Waals surface area contributed by atoms with Crippen molar-refractivity contribution in [3.63, 3.8) is 0 Å². The second-order valence-electron chi connectivity index (χ2n) is 8.78. The quantitative estimate of drug-likeness (QED) is 0.788. The second kappa shape index (κ2) is 6.49. The molecule has 1 aliphatic heterocycles. The molecule has 0 aromatic carbocycles. The molecule has 5 nitrogen and oxygen atoms in total. The summed E-state index contributed by atoms with van der Waals surface area (Å²) in [6.45, 7) is 17.2. The number of β-amino-alcohol motifs (C(OH)–C–C–N with tert-alkyl or cyclic N) is 1. The van der Waals surface area contributed by atoms with Crippen LogP contribution in [0.2, 0.25) is 18.1 Å². The van der Waals surface area contributed by atoms with Crippen molar-refractivity contribution in [2.24, 2.45) is 0 Å². The van der Waals surface area contributed by atoms with E-state index < -0.39 is 20.0 Å². The van der Waals surface area contributed by atoms with Crippen molar-refractivity contribution in [2.45, 2.75) is 83.9 Å². The van der Waals surface area contributed by atoms with Crippen molar-refractivity contribution in [1.82, 2.24) is 4.90 Å². The molecule has 22 heavy (non-hydrogen) atoms. The molecule has 0 aliphatic carbocycles. The summed E-state index contributed by atoms with van der Waals surface area (Å²) in [5, 5.41) is 10.2. The van der Waals surface area contributed by atoms with Gasteiger partial charge in [-0.2, -0.15) is 0 Å². The highest BCUT2D eigenvalue weighted by Crippen LogP contribution is 2.38. The van der Waals surface area contributed by atoms with Crippen molar-refractivity contribution in [1.29, 1.82) is 0 Å². The number of rotatable bonds is 2. The molecule has 1 aliphatic rings. The summed E-state index contributed by atoms with van der Waals surface area (Å²) >= 11 is 0. The van der Waals surface area contributed by atoms with Gasteiger partial charge in [0.05, 0.1) is 18.8 Å². The average molecular weight is 332 g/mol. The van der Waals surface area contributed by atoms with Crippen molar-refractivity contribution < 1.29 is 19.1 Å². The molecule has 2 atom stereocenters. The smallest absolute Gasteiger partial charge is 0.410 e. The van der Waals surface area contributed by atoms with E-state index in [1.165, 1.54) is 0 Å². The van der Waals surface area contributed by atoms with Crippen molar-refractivity contribution in [3.05, 3.63) is 0 Å². The van der Waals surface area contributed by atoms with E-state index in [-0.39, 0.29) is 17.2 Å². The van der Waals surface area contributed by atoms with Gasteiger partial charge in [0, 0.05) is 13.0 Å². The molecule has 130 valence electrons. The van der Waals surface area contributed by atoms with Gasteiger partial charge < -0.3 is 19.2 Å². The van der Waals surface area contributed by atoms with Gasteiger partial charge in [-0.15, -0.1) is 0 Å². The molecule has 1 amide bonds. The fraction of sp³-hybridized carbons (Fsp3) is 0.938. The Labute approximate surface area is 136 Å². The summed E-state index contributed by atoms with van der Waals surface area (Å²) in [5.41, 5.74) is -0.532. The Morgan fingerprint density at radius 3 is 2.14 bits per heavy atom. The number of aliphatic hydroxyl groups is 1. The Hall–Kier alpha value is -0.593. The maximum absolute atomic E-state index is 12.2. The first-order valence-corrected chi connectivity index (χ1v) is 11.0. The zero-order valence-corrected chi connectivity index (χ0v) is 16.4. The van der Waals surface area contributed by atoms with Crippen LogP contribution in [-0.2, 0) is 9.16 Å². The molecular formula is C16H33NO4Si. The fourth-order valence-corrected chi connectivity index (χ4v) is 3.54. The van der Waals surface area contributed by atoms with E-state index in [0.29, 0.717) is 19.5 Å². The minimum Gasteiger partial charge on any atom is -0.444 e. The van der Waals surface area contributed by atoms with Crippen LogP contribution in [0.3, 0.4) is 0 Å². The molecule has 6 heteroatoms. The monoisotopic (exact) mass is 331 g/mol. The number of ether oxygens (including phenoxy) is 1. The molecule has 1 rings (SSSR count). The molecule has 0 aromatic heterocycles. The van der Waals surface area contributed by atoms with Crippen LogP contribution in [0.5, 0.6) is 0 Å². The number of carbonyl (C=O) groups is 1. The molecule has 1 heterocycles. The molecule has 1 fully saturated rings. The highest BCUT2D eigenvalue weighted by atomic mass is 28.4. The minimum atomic E-state index is -1.92. The maximum Gasteiger partial charge on any atom is 0.410 e. The van der Waals surface area contributed by atoms with E-state index in [1.807, 2.05) is 20.8 Å². The van der Waals surface area contributed by atoms with Crippen LogP contribution < -0.4 is 0 Å². The fourth-order valence-electron chi connectivity index (χ4n) is 2.18. The normalized spacial score (nSPS) is 24.3. The van der Waals surface area contributed by atoms with E-state index in [9.17, 15) is 9.90 Å². The first-order chi connectivity index (χ1) is 9.71. The first-order valence-electron chi connectivity index (χ1n) is 8.05. The van der Waals surface area contributed by atoms with Crippen LogP contribution in [0.15, 0.2) is 0 Å². The summed E-state index contributed by atoms with van der Waals surface area (Å²) in [6.07, 6.45) is -0.491. The Morgan fingerprint density at radius 1 is 1.14 bits per heavy atom. The average Bonchev–Trinajstić information content (AvgIpc) is 2.23. The van der Waals surface area contributed by atoms with Crippen molar-refractivity contribution in [2.75, 3.05) is 13.1 Å². The molecule has 0 radical (unpaired) electrons. The summed E-state index contributed by atoms with van der Waals surface area (Å²) in [4.78, 5) is 13.8. The van der Waals surface area contributed by atoms with E-state index in [4.69, 9.17) is 9.16 Å². The number of hydrogen-bond acceptors (Lipinski definition) is 4. The molecule has 0 saturated carbocycles. The molecule has 0 spiro atoms. The second-order valence-corrected chi connectivity index (χ2v) is 13.5. The number of amides is 1. The van der Waals surface area contributed by atoms with Crippen LogP contribution in [0.4, 0.5) is 4.79 Å². The number of nitrogens with zero attached hydrogens (tertiary/aromatic N) is 1. The third-order valence-electron chi connectivity index (χ3n) is 4.31. The number of aliphatic hydroxyl groups excluding tert-OH is 1. The van der Waals surface area contributed by atoms with Gasteiger partial charge in [-0.05, 0) is 38.9 Å². The first kappa shape index (κ1) is 19.5. The predicted molar refractivity (Wildman–Crippen MR) is 90.5 cm³/mol. The Morgan fingerprint density at radius 2 is 1.68 bits per heavy atom. The third kappa shape index (κ3) is 5.55. The van der Waals surface area contributed by atoms with Gasteiger partial charge in [-0.3, -0.25) is 0 Å². The van der Waals surface area contributed by atoms with E-state index >= 15 is 0 Å². The highest BCUT2D eigenvalue weighted by molar-refractivity contribution is 6.74. The van der Waals surface area contributed by atoms with Crippen LogP contribution in [0.1, 0.15) is 48.0 Å². The lowest BCUT2D eigenvalue weighted by Crippen LogP contribution is -2.54. The number of piperidine rings is 1. The molecule has 0 aromatic rings. The van der Waals surface area contributed by atoms with Gasteiger partial charge in [0.25, 0.3) is 0 Å². The lowest BCUT2D eigenvalue weighted by Gasteiger charge is -2.43. The third-order valence-corrected chi connectivity index (χ3v) is 8.84. The molecule has 0 bridgehead atoms. The van der Waals surface area contributed by atoms with Crippen LogP contribution in [-0.4, -0.2) is 55.3 Å². The summed E-state index contributed by atoms with van der Waals surface area (Å²) in [6, 6.07) is 0. The number of likely N-dealkylation sites (tertiary alicyclic amines) is 1. The number of carbonyl (C=O) groups excluding carboxylic acids is 1. The summed E-state index contributed by atoms with van der Waals surface area (Å²) in [5.74, 6) is 0. The summed E-state index contributed by atoms with van der Waals surface area (Å²) < 4.78 is 11.8. The van der Waals surface area contributed by atoms with Gasteiger partial charge >= 0.3 is 6.09 Å². The van der Waals surface area contributed by atoms with Gasteiger partial charge in [0.15, 0.2) is 8.32 Å². The number of hydrogen-bond donors (Lipinski definition) is 1. The Bertz CT molecular complexity index is 398. The molecule has 1 saturated heterocycles. The standard InChI is InChI=1S/C16H33NO4Si/c1-15(2,3)20-14(19)17-10-12(18)9-13(11-17)21-22(7,8)16(4,5)6/h12-13,18H,9-11H2,1-8H3. The maximum atomic E-state index is 12.2. The predicted octanol–water partition coefficient (Wildman–Crippen LogP) is 3.38. The summed E-state index contributed by atoms with van der Waals surface area (Å²) in [7, 11) is -1.92. The van der Waals surface area contributed by atoms with E-state index in [1.54, 1.807) is 4.90 Å². The van der Waals surface area contributed by atoms with Gasteiger partial charge in [0.2, 0.25) is 0 Å². The molecular weight excluding hydrogens is 298 g/mol. The minimum absolute atomic E-state index is 0.103. The lowest BCUT2D eigenvalue weighted by atomic mass is 10.1. The Kier molecular flexibility index (Phi) is 5.74. The highest BCUT2D eigenvalue weighted by Gasteiger charge is 2.41. The zero-order chi connectivity index (χ0) is 17.3. The molecule has 1 N–H and O–H groups in total.